The van der Waals surface area contributed by atoms with Gasteiger partial charge in [0.05, 0.1) is 6.26 Å². The van der Waals surface area contributed by atoms with Gasteiger partial charge in [-0.05, 0) is 44.2 Å². The van der Waals surface area contributed by atoms with Crippen LogP contribution in [0.2, 0.25) is 0 Å². The molecule has 6 nitrogen and oxygen atoms in total. The Bertz CT molecular complexity index is 415. The number of hydrogen-bond acceptors (Lipinski definition) is 4. The number of ether oxygens (including phenoxy) is 1. The molecule has 0 aliphatic rings. The van der Waals surface area contributed by atoms with E-state index in [0.717, 1.165) is 57.0 Å². The number of guanidine groups is 1. The number of nitrogens with zero attached hydrogens (tertiary/aromatic N) is 1. The van der Waals surface area contributed by atoms with Gasteiger partial charge in [0.25, 0.3) is 0 Å². The van der Waals surface area contributed by atoms with Gasteiger partial charge < -0.3 is 24.9 Å². The van der Waals surface area contributed by atoms with Crippen molar-refractivity contribution >= 4 is 5.96 Å². The average molecular weight is 339 g/mol. The van der Waals surface area contributed by atoms with Gasteiger partial charge in [0.1, 0.15) is 12.4 Å². The van der Waals surface area contributed by atoms with Crippen LogP contribution in [0.25, 0.3) is 0 Å². The predicted molar refractivity (Wildman–Crippen MR) is 97.1 cm³/mol. The monoisotopic (exact) mass is 339 g/mol. The van der Waals surface area contributed by atoms with Gasteiger partial charge in [-0.2, -0.15) is 0 Å². The molecule has 1 aromatic heterocycles. The number of nitrogens with one attached hydrogen (secondary N) is 2. The summed E-state index contributed by atoms with van der Waals surface area (Å²) in [5.41, 5.74) is 0. The molecule has 6 heteroatoms. The highest BCUT2D eigenvalue weighted by Crippen LogP contribution is 2.10. The van der Waals surface area contributed by atoms with E-state index in [-0.39, 0.29) is 6.61 Å². The Hall–Kier alpha value is -1.53. The molecule has 0 saturated heterocycles. The quantitative estimate of drug-likeness (QED) is 0.292. The zero-order chi connectivity index (χ0) is 17.5. The van der Waals surface area contributed by atoms with Gasteiger partial charge in [-0.3, -0.25) is 4.99 Å². The molecule has 138 valence electrons. The van der Waals surface area contributed by atoms with Crippen LogP contribution in [0.15, 0.2) is 27.8 Å². The Labute approximate surface area is 145 Å². The smallest absolute Gasteiger partial charge is 0.191 e. The van der Waals surface area contributed by atoms with Crippen LogP contribution in [0.5, 0.6) is 0 Å². The first kappa shape index (κ1) is 20.5. The maximum atomic E-state index is 9.12. The molecule has 0 amide bonds. The Morgan fingerprint density at radius 2 is 2.21 bits per heavy atom. The number of rotatable bonds is 13. The van der Waals surface area contributed by atoms with Crippen molar-refractivity contribution in [2.24, 2.45) is 10.9 Å². The summed E-state index contributed by atoms with van der Waals surface area (Å²) in [4.78, 5) is 4.64. The molecule has 1 atom stereocenters. The molecule has 24 heavy (non-hydrogen) atoms. The Balaban J connectivity index is 2.21. The highest BCUT2D eigenvalue weighted by molar-refractivity contribution is 5.79. The van der Waals surface area contributed by atoms with Crippen LogP contribution < -0.4 is 10.6 Å². The largest absolute Gasteiger partial charge is 0.467 e. The van der Waals surface area contributed by atoms with Crippen LogP contribution in [0.1, 0.15) is 45.3 Å². The van der Waals surface area contributed by atoms with Crippen molar-refractivity contribution in [3.63, 3.8) is 0 Å². The molecule has 0 spiro atoms. The third-order valence-corrected chi connectivity index (χ3v) is 3.67. The Morgan fingerprint density at radius 3 is 2.88 bits per heavy atom. The molecule has 0 aromatic carbocycles. The van der Waals surface area contributed by atoms with E-state index in [4.69, 9.17) is 14.3 Å². The molecule has 0 fully saturated rings. The van der Waals surface area contributed by atoms with E-state index in [9.17, 15) is 0 Å². The normalized spacial score (nSPS) is 13.0. The Morgan fingerprint density at radius 1 is 1.33 bits per heavy atom. The molecule has 0 radical (unpaired) electrons. The van der Waals surface area contributed by atoms with E-state index in [2.05, 4.69) is 29.5 Å². The lowest BCUT2D eigenvalue weighted by Gasteiger charge is -2.15. The van der Waals surface area contributed by atoms with Crippen LogP contribution in [0, 0.1) is 5.92 Å². The number of aliphatic hydroxyl groups is 1. The summed E-state index contributed by atoms with van der Waals surface area (Å²) in [7, 11) is 0. The molecular formula is C18H33N3O3. The third-order valence-electron chi connectivity index (χ3n) is 3.67. The van der Waals surface area contributed by atoms with Crippen molar-refractivity contribution in [1.29, 1.82) is 0 Å². The second-order valence-electron chi connectivity index (χ2n) is 5.80. The van der Waals surface area contributed by atoms with Crippen molar-refractivity contribution in [3.05, 3.63) is 24.2 Å². The minimum atomic E-state index is 0.233. The highest BCUT2D eigenvalue weighted by Gasteiger charge is 2.07. The van der Waals surface area contributed by atoms with Crippen molar-refractivity contribution in [3.8, 4) is 0 Å². The maximum absolute atomic E-state index is 9.12. The minimum Gasteiger partial charge on any atom is -0.467 e. The van der Waals surface area contributed by atoms with E-state index in [1.165, 1.54) is 0 Å². The van der Waals surface area contributed by atoms with E-state index in [1.807, 2.05) is 12.1 Å². The molecular weight excluding hydrogens is 306 g/mol. The number of aliphatic imine (C=N–C) groups is 1. The van der Waals surface area contributed by atoms with Gasteiger partial charge in [0, 0.05) is 32.8 Å². The van der Waals surface area contributed by atoms with Crippen LogP contribution >= 0.6 is 0 Å². The topological polar surface area (TPSA) is 79.0 Å². The molecule has 0 aliphatic heterocycles. The first-order valence-corrected chi connectivity index (χ1v) is 9.03. The van der Waals surface area contributed by atoms with Crippen LogP contribution in [-0.2, 0) is 11.3 Å². The molecule has 0 aliphatic carbocycles. The van der Waals surface area contributed by atoms with Crippen LogP contribution in [0.4, 0.5) is 0 Å². The summed E-state index contributed by atoms with van der Waals surface area (Å²) in [5.74, 6) is 2.14. The zero-order valence-electron chi connectivity index (χ0n) is 15.1. The minimum absolute atomic E-state index is 0.233. The lowest BCUT2D eigenvalue weighted by molar-refractivity contribution is 0.105. The van der Waals surface area contributed by atoms with Crippen molar-refractivity contribution in [1.82, 2.24) is 10.6 Å². The fraction of sp³-hybridized carbons (Fsp3) is 0.722. The van der Waals surface area contributed by atoms with Gasteiger partial charge in [-0.15, -0.1) is 0 Å². The number of furan rings is 1. The van der Waals surface area contributed by atoms with E-state index >= 15 is 0 Å². The number of hydrogen-bond donors (Lipinski definition) is 3. The van der Waals surface area contributed by atoms with Gasteiger partial charge in [0.2, 0.25) is 0 Å². The standard InChI is InChI=1S/C18H33N3O3/c1-3-7-16(9-11-22)14-21-18(19-4-2)20-10-6-12-23-15-17-8-5-13-24-17/h5,8,13,16,22H,3-4,6-7,9-12,14-15H2,1-2H3,(H2,19,20,21). The van der Waals surface area contributed by atoms with Gasteiger partial charge in [0.15, 0.2) is 5.96 Å². The highest BCUT2D eigenvalue weighted by atomic mass is 16.5. The first-order valence-electron chi connectivity index (χ1n) is 9.03. The summed E-state index contributed by atoms with van der Waals surface area (Å²) in [5, 5.41) is 15.7. The summed E-state index contributed by atoms with van der Waals surface area (Å²) in [6, 6.07) is 3.77. The second-order valence-corrected chi connectivity index (χ2v) is 5.80. The molecule has 1 rings (SSSR count). The molecule has 3 N–H and O–H groups in total. The van der Waals surface area contributed by atoms with Gasteiger partial charge >= 0.3 is 0 Å². The lowest BCUT2D eigenvalue weighted by atomic mass is 10.0. The zero-order valence-corrected chi connectivity index (χ0v) is 15.1. The fourth-order valence-corrected chi connectivity index (χ4v) is 2.43. The van der Waals surface area contributed by atoms with Crippen molar-refractivity contribution in [2.75, 3.05) is 32.8 Å². The third kappa shape index (κ3) is 9.57. The fourth-order valence-electron chi connectivity index (χ4n) is 2.43. The molecule has 1 aromatic rings. The lowest BCUT2D eigenvalue weighted by Crippen LogP contribution is -2.38. The van der Waals surface area contributed by atoms with Crippen LogP contribution in [-0.4, -0.2) is 43.9 Å². The summed E-state index contributed by atoms with van der Waals surface area (Å²) in [6.07, 6.45) is 5.60. The SMILES string of the molecule is CCCC(CCO)CN=C(NCC)NCCCOCc1ccco1. The van der Waals surface area contributed by atoms with Crippen LogP contribution in [0.3, 0.4) is 0 Å². The Kier molecular flexibility index (Phi) is 11.9. The van der Waals surface area contributed by atoms with Crippen molar-refractivity contribution in [2.45, 2.75) is 46.1 Å². The first-order chi connectivity index (χ1) is 11.8. The predicted octanol–water partition coefficient (Wildman–Crippen LogP) is 2.54. The average Bonchev–Trinajstić information content (AvgIpc) is 3.09. The summed E-state index contributed by atoms with van der Waals surface area (Å²) < 4.78 is 10.8. The van der Waals surface area contributed by atoms with E-state index < -0.39 is 0 Å². The summed E-state index contributed by atoms with van der Waals surface area (Å²) >= 11 is 0. The molecule has 1 unspecified atom stereocenters. The summed E-state index contributed by atoms with van der Waals surface area (Å²) in [6.45, 7) is 8.04. The molecule has 0 saturated carbocycles. The maximum Gasteiger partial charge on any atom is 0.191 e. The molecule has 0 bridgehead atoms. The molecule has 1 heterocycles. The number of aliphatic hydroxyl groups excluding tert-OH is 1. The van der Waals surface area contributed by atoms with E-state index in [1.54, 1.807) is 6.26 Å². The second kappa shape index (κ2) is 13.9. The van der Waals surface area contributed by atoms with E-state index in [0.29, 0.717) is 19.1 Å². The van der Waals surface area contributed by atoms with Gasteiger partial charge in [-0.1, -0.05) is 13.3 Å². The van der Waals surface area contributed by atoms with Crippen molar-refractivity contribution < 1.29 is 14.3 Å². The van der Waals surface area contributed by atoms with Gasteiger partial charge in [-0.25, -0.2) is 0 Å².